The second kappa shape index (κ2) is 8.24. The van der Waals surface area contributed by atoms with E-state index in [1.54, 1.807) is 30.7 Å². The first-order chi connectivity index (χ1) is 14.2. The Morgan fingerprint density at radius 2 is 1.93 bits per heavy atom. The lowest BCUT2D eigenvalue weighted by Crippen LogP contribution is -2.18. The number of rotatable bonds is 5. The zero-order valence-corrected chi connectivity index (χ0v) is 16.9. The summed E-state index contributed by atoms with van der Waals surface area (Å²) in [6.07, 6.45) is 1.67. The molecule has 2 aromatic carbocycles. The van der Waals surface area contributed by atoms with Crippen LogP contribution < -0.4 is 10.2 Å². The van der Waals surface area contributed by atoms with Gasteiger partial charge in [0.25, 0.3) is 5.91 Å². The van der Waals surface area contributed by atoms with Crippen LogP contribution >= 0.6 is 11.3 Å². The molecule has 6 heteroatoms. The predicted octanol–water partition coefficient (Wildman–Crippen LogP) is 5.04. The van der Waals surface area contributed by atoms with E-state index in [1.807, 2.05) is 66.9 Å². The lowest BCUT2D eigenvalue weighted by molar-refractivity contribution is 0.0956. The molecule has 0 spiro atoms. The quantitative estimate of drug-likeness (QED) is 0.376. The molecule has 0 aliphatic heterocycles. The van der Waals surface area contributed by atoms with Crippen LogP contribution in [0.5, 0.6) is 5.75 Å². The third kappa shape index (κ3) is 3.88. The minimum atomic E-state index is -0.287. The van der Waals surface area contributed by atoms with E-state index >= 15 is 0 Å². The molecule has 5 nitrogen and oxygen atoms in total. The van der Waals surface area contributed by atoms with E-state index in [9.17, 15) is 4.79 Å². The molecule has 0 unspecified atom stereocenters. The largest absolute Gasteiger partial charge is 0.496 e. The number of nitrogens with zero attached hydrogens (tertiary/aromatic N) is 2. The molecule has 144 valence electrons. The number of ether oxygens (including phenoxy) is 1. The van der Waals surface area contributed by atoms with Gasteiger partial charge in [-0.3, -0.25) is 4.79 Å². The maximum Gasteiger partial charge on any atom is 0.272 e. The third-order valence-corrected chi connectivity index (χ3v) is 5.55. The van der Waals surface area contributed by atoms with E-state index in [4.69, 9.17) is 9.72 Å². The Morgan fingerprint density at radius 1 is 1.14 bits per heavy atom. The van der Waals surface area contributed by atoms with Crippen LogP contribution in [0.4, 0.5) is 0 Å². The van der Waals surface area contributed by atoms with Gasteiger partial charge in [0.05, 0.1) is 30.1 Å². The topological polar surface area (TPSA) is 63.6 Å². The van der Waals surface area contributed by atoms with Crippen molar-refractivity contribution >= 4 is 34.4 Å². The molecule has 0 saturated heterocycles. The molecular formula is C23H19N3O2S. The smallest absolute Gasteiger partial charge is 0.272 e. The number of aryl methyl sites for hydroxylation is 1. The van der Waals surface area contributed by atoms with Crippen LogP contribution in [-0.4, -0.2) is 24.2 Å². The van der Waals surface area contributed by atoms with Crippen molar-refractivity contribution in [1.29, 1.82) is 0 Å². The van der Waals surface area contributed by atoms with Gasteiger partial charge in [0.15, 0.2) is 0 Å². The Balaban J connectivity index is 1.74. The van der Waals surface area contributed by atoms with Crippen LogP contribution in [0.3, 0.4) is 0 Å². The zero-order valence-electron chi connectivity index (χ0n) is 16.0. The van der Waals surface area contributed by atoms with Gasteiger partial charge in [-0.2, -0.15) is 5.10 Å². The molecule has 0 fully saturated rings. The monoisotopic (exact) mass is 401 g/mol. The fourth-order valence-corrected chi connectivity index (χ4v) is 3.87. The summed E-state index contributed by atoms with van der Waals surface area (Å²) in [6.45, 7) is 2.01. The van der Waals surface area contributed by atoms with Crippen molar-refractivity contribution in [3.8, 4) is 17.0 Å². The Labute approximate surface area is 172 Å². The highest BCUT2D eigenvalue weighted by Gasteiger charge is 2.15. The second-order valence-electron chi connectivity index (χ2n) is 6.44. The van der Waals surface area contributed by atoms with E-state index in [0.717, 1.165) is 26.9 Å². The lowest BCUT2D eigenvalue weighted by Gasteiger charge is -2.11. The van der Waals surface area contributed by atoms with Crippen LogP contribution in [0.25, 0.3) is 22.2 Å². The van der Waals surface area contributed by atoms with Gasteiger partial charge < -0.3 is 4.74 Å². The van der Waals surface area contributed by atoms with Crippen molar-refractivity contribution in [2.75, 3.05) is 7.11 Å². The number of fused-ring (bicyclic) bond motifs is 1. The molecule has 0 saturated carbocycles. The Kier molecular flexibility index (Phi) is 5.35. The van der Waals surface area contributed by atoms with Crippen molar-refractivity contribution < 1.29 is 9.53 Å². The molecule has 1 amide bonds. The zero-order chi connectivity index (χ0) is 20.2. The highest BCUT2D eigenvalue weighted by atomic mass is 32.1. The molecule has 1 N–H and O–H groups in total. The number of hydrogen-bond donors (Lipinski definition) is 1. The van der Waals surface area contributed by atoms with E-state index in [-0.39, 0.29) is 5.91 Å². The normalized spacial score (nSPS) is 11.1. The lowest BCUT2D eigenvalue weighted by atomic mass is 10.0. The van der Waals surface area contributed by atoms with E-state index < -0.39 is 0 Å². The van der Waals surface area contributed by atoms with Crippen LogP contribution in [0.15, 0.2) is 71.1 Å². The van der Waals surface area contributed by atoms with Gasteiger partial charge in [-0.15, -0.1) is 11.3 Å². The van der Waals surface area contributed by atoms with Crippen molar-refractivity contribution in [3.05, 3.63) is 82.0 Å². The second-order valence-corrected chi connectivity index (χ2v) is 7.39. The number of amides is 1. The van der Waals surface area contributed by atoms with Gasteiger partial charge in [-0.05, 0) is 48.2 Å². The minimum Gasteiger partial charge on any atom is -0.496 e. The average Bonchev–Trinajstić information content (AvgIpc) is 3.17. The summed E-state index contributed by atoms with van der Waals surface area (Å²) in [5, 5.41) is 6.90. The fraction of sp³-hybridized carbons (Fsp3) is 0.0870. The number of carbonyl (C=O) groups is 1. The standard InChI is InChI=1S/C23H19N3O2S/c1-15-11-12-29-22(15)14-24-26-23(27)18-13-20(17-8-4-6-10-21(17)28-2)25-19-9-5-3-7-16(18)19/h3-14H,1-2H3,(H,26,27)/b24-14+. The van der Waals surface area contributed by atoms with Gasteiger partial charge >= 0.3 is 0 Å². The summed E-state index contributed by atoms with van der Waals surface area (Å²) in [7, 11) is 1.62. The number of para-hydroxylation sites is 2. The Hall–Kier alpha value is -3.51. The van der Waals surface area contributed by atoms with Gasteiger partial charge in [0.1, 0.15) is 5.75 Å². The molecule has 2 aromatic heterocycles. The molecule has 0 aliphatic carbocycles. The summed E-state index contributed by atoms with van der Waals surface area (Å²) < 4.78 is 5.47. The first-order valence-corrected chi connectivity index (χ1v) is 9.96. The van der Waals surface area contributed by atoms with Gasteiger partial charge in [0, 0.05) is 15.8 Å². The molecule has 29 heavy (non-hydrogen) atoms. The number of aromatic nitrogens is 1. The number of benzene rings is 2. The molecule has 0 bridgehead atoms. The van der Waals surface area contributed by atoms with Gasteiger partial charge in [0.2, 0.25) is 0 Å². The molecule has 4 aromatic rings. The van der Waals surface area contributed by atoms with Crippen molar-refractivity contribution in [1.82, 2.24) is 10.4 Å². The predicted molar refractivity (Wildman–Crippen MR) is 118 cm³/mol. The van der Waals surface area contributed by atoms with Crippen molar-refractivity contribution in [3.63, 3.8) is 0 Å². The fourth-order valence-electron chi connectivity index (χ4n) is 3.08. The number of nitrogens with one attached hydrogen (secondary N) is 1. The number of hydrazone groups is 1. The molecule has 0 atom stereocenters. The number of hydrogen-bond acceptors (Lipinski definition) is 5. The molecule has 4 rings (SSSR count). The summed E-state index contributed by atoms with van der Waals surface area (Å²) in [4.78, 5) is 18.7. The first kappa shape index (κ1) is 18.8. The van der Waals surface area contributed by atoms with Crippen molar-refractivity contribution in [2.45, 2.75) is 6.92 Å². The van der Waals surface area contributed by atoms with Gasteiger partial charge in [-0.25, -0.2) is 10.4 Å². The van der Waals surface area contributed by atoms with E-state index in [2.05, 4.69) is 10.5 Å². The molecule has 0 aliphatic rings. The van der Waals surface area contributed by atoms with Crippen LogP contribution in [0, 0.1) is 6.92 Å². The summed E-state index contributed by atoms with van der Waals surface area (Å²) >= 11 is 1.58. The highest BCUT2D eigenvalue weighted by Crippen LogP contribution is 2.31. The number of carbonyl (C=O) groups excluding carboxylic acids is 1. The maximum absolute atomic E-state index is 12.9. The third-order valence-electron chi connectivity index (χ3n) is 4.59. The van der Waals surface area contributed by atoms with E-state index in [1.165, 1.54) is 0 Å². The van der Waals surface area contributed by atoms with Crippen molar-refractivity contribution in [2.24, 2.45) is 5.10 Å². The molecule has 2 heterocycles. The summed E-state index contributed by atoms with van der Waals surface area (Å²) in [5.74, 6) is 0.415. The summed E-state index contributed by atoms with van der Waals surface area (Å²) in [5.41, 5.74) is 6.51. The van der Waals surface area contributed by atoms with Crippen LogP contribution in [-0.2, 0) is 0 Å². The highest BCUT2D eigenvalue weighted by molar-refractivity contribution is 7.11. The molecular weight excluding hydrogens is 382 g/mol. The molecule has 0 radical (unpaired) electrons. The number of methoxy groups -OCH3 is 1. The number of thiophene rings is 1. The Morgan fingerprint density at radius 3 is 2.72 bits per heavy atom. The summed E-state index contributed by atoms with van der Waals surface area (Å²) in [6, 6.07) is 19.0. The maximum atomic E-state index is 12.9. The first-order valence-electron chi connectivity index (χ1n) is 9.08. The number of pyridine rings is 1. The van der Waals surface area contributed by atoms with E-state index in [0.29, 0.717) is 17.0 Å². The van der Waals surface area contributed by atoms with Crippen LogP contribution in [0.1, 0.15) is 20.8 Å². The van der Waals surface area contributed by atoms with Crippen LogP contribution in [0.2, 0.25) is 0 Å². The van der Waals surface area contributed by atoms with Gasteiger partial charge in [-0.1, -0.05) is 30.3 Å². The average molecular weight is 401 g/mol. The minimum absolute atomic E-state index is 0.287. The SMILES string of the molecule is COc1ccccc1-c1cc(C(=O)N/N=C/c2sccc2C)c2ccccc2n1. The Bertz CT molecular complexity index is 1210.